The molecule has 1 aliphatic heterocycles. The van der Waals surface area contributed by atoms with Crippen molar-refractivity contribution < 1.29 is 22.3 Å². The zero-order valence-corrected chi connectivity index (χ0v) is 21.9. The van der Waals surface area contributed by atoms with E-state index in [0.29, 0.717) is 67.7 Å². The van der Waals surface area contributed by atoms with Crippen molar-refractivity contribution in [2.45, 2.75) is 28.9 Å². The molecule has 1 saturated carbocycles. The second-order valence-corrected chi connectivity index (χ2v) is 11.6. The number of nitriles is 1. The van der Waals surface area contributed by atoms with Gasteiger partial charge in [0.05, 0.1) is 36.3 Å². The van der Waals surface area contributed by atoms with Crippen LogP contribution >= 0.6 is 0 Å². The highest BCUT2D eigenvalue weighted by atomic mass is 32.2. The van der Waals surface area contributed by atoms with Gasteiger partial charge in [0.15, 0.2) is 15.7 Å². The summed E-state index contributed by atoms with van der Waals surface area (Å²) in [6.45, 7) is 2.53. The maximum atomic E-state index is 13.7. The largest absolute Gasteiger partial charge is 0.378 e. The summed E-state index contributed by atoms with van der Waals surface area (Å²) < 4.78 is 45.2. The number of nitrogens with one attached hydrogen (secondary N) is 2. The lowest BCUT2D eigenvalue weighted by Crippen LogP contribution is -2.37. The van der Waals surface area contributed by atoms with Gasteiger partial charge in [-0.15, -0.1) is 0 Å². The van der Waals surface area contributed by atoms with Crippen molar-refractivity contribution >= 4 is 27.4 Å². The number of aromatic nitrogens is 2. The van der Waals surface area contributed by atoms with E-state index in [4.69, 9.17) is 20.0 Å². The van der Waals surface area contributed by atoms with Crippen molar-refractivity contribution in [2.75, 3.05) is 43.1 Å². The topological polar surface area (TPSA) is 137 Å². The number of amides is 2. The zero-order valence-electron chi connectivity index (χ0n) is 21.1. The van der Waals surface area contributed by atoms with Crippen LogP contribution in [-0.2, 0) is 19.3 Å². The van der Waals surface area contributed by atoms with Crippen LogP contribution in [0.15, 0.2) is 59.5 Å². The molecule has 2 amide bonds. The summed E-state index contributed by atoms with van der Waals surface area (Å²) in [6.07, 6.45) is 1.01. The lowest BCUT2D eigenvalue weighted by atomic mass is 10.1. The lowest BCUT2D eigenvalue weighted by Gasteiger charge is -2.29. The molecule has 0 spiro atoms. The number of carbonyl (C=O) groups is 1. The maximum absolute atomic E-state index is 13.7. The minimum atomic E-state index is -3.85. The first-order valence-corrected chi connectivity index (χ1v) is 14.1. The first-order valence-electron chi connectivity index (χ1n) is 12.6. The van der Waals surface area contributed by atoms with Crippen molar-refractivity contribution in [3.05, 3.63) is 66.1 Å². The van der Waals surface area contributed by atoms with Crippen LogP contribution in [0.25, 0.3) is 11.4 Å². The molecule has 1 saturated heterocycles. The molecule has 0 bridgehead atoms. The Hall–Kier alpha value is -4.08. The molecule has 39 heavy (non-hydrogen) atoms. The van der Waals surface area contributed by atoms with Crippen LogP contribution in [0.2, 0.25) is 0 Å². The van der Waals surface area contributed by atoms with Gasteiger partial charge in [-0.1, -0.05) is 0 Å². The normalized spacial score (nSPS) is 16.3. The SMILES string of the molecule is N#CCCNC(=O)Nc1ccc(-c2nc(N3CCOCC3)cc(C3(S(=O)(=O)c4ccc(F)cc4)CC3)n2)cc1. The molecule has 1 aliphatic carbocycles. The van der Waals surface area contributed by atoms with Crippen LogP contribution in [0.5, 0.6) is 0 Å². The predicted molar refractivity (Wildman–Crippen MR) is 142 cm³/mol. The fraction of sp³-hybridized carbons (Fsp3) is 0.333. The van der Waals surface area contributed by atoms with E-state index in [1.807, 2.05) is 11.0 Å². The first-order chi connectivity index (χ1) is 18.8. The van der Waals surface area contributed by atoms with Crippen LogP contribution in [0.4, 0.5) is 20.7 Å². The van der Waals surface area contributed by atoms with Crippen LogP contribution in [0, 0.1) is 17.1 Å². The average Bonchev–Trinajstić information content (AvgIpc) is 3.77. The Morgan fingerprint density at radius 3 is 2.41 bits per heavy atom. The molecule has 10 nitrogen and oxygen atoms in total. The highest BCUT2D eigenvalue weighted by Crippen LogP contribution is 2.55. The van der Waals surface area contributed by atoms with E-state index in [9.17, 15) is 17.6 Å². The Labute approximate surface area is 225 Å². The number of ether oxygens (including phenoxy) is 1. The van der Waals surface area contributed by atoms with Gasteiger partial charge in [-0.3, -0.25) is 0 Å². The van der Waals surface area contributed by atoms with Crippen LogP contribution < -0.4 is 15.5 Å². The van der Waals surface area contributed by atoms with Crippen LogP contribution in [0.3, 0.4) is 0 Å². The van der Waals surface area contributed by atoms with Crippen LogP contribution in [0.1, 0.15) is 25.0 Å². The lowest BCUT2D eigenvalue weighted by molar-refractivity contribution is 0.122. The van der Waals surface area contributed by atoms with Crippen LogP contribution in [-0.4, -0.2) is 57.3 Å². The van der Waals surface area contributed by atoms with Crippen molar-refractivity contribution in [1.29, 1.82) is 5.26 Å². The standard InChI is InChI=1S/C27H27FN6O4S/c28-20-4-8-22(9-5-20)39(36,37)27(10-11-27)23-18-24(34-14-16-38-17-15-34)33-25(32-23)19-2-6-21(7-3-19)31-26(35)30-13-1-12-29/h2-9,18H,1,10-11,13-17H2,(H2,30,31,35). The number of morpholine rings is 1. The fourth-order valence-electron chi connectivity index (χ4n) is 4.48. The zero-order chi connectivity index (χ0) is 27.5. The summed E-state index contributed by atoms with van der Waals surface area (Å²) in [5.74, 6) is 0.466. The summed E-state index contributed by atoms with van der Waals surface area (Å²) in [7, 11) is -3.85. The molecule has 2 N–H and O–H groups in total. The quantitative estimate of drug-likeness (QED) is 0.321. The average molecular weight is 551 g/mol. The van der Waals surface area contributed by atoms with Gasteiger partial charge < -0.3 is 20.3 Å². The Morgan fingerprint density at radius 1 is 1.08 bits per heavy atom. The van der Waals surface area contributed by atoms with Gasteiger partial charge in [-0.2, -0.15) is 5.26 Å². The minimum absolute atomic E-state index is 0.0537. The number of sulfone groups is 1. The Bertz CT molecular complexity index is 1500. The molecule has 2 aliphatic rings. The molecule has 2 aromatic carbocycles. The fourth-order valence-corrected chi connectivity index (χ4v) is 6.44. The predicted octanol–water partition coefficient (Wildman–Crippen LogP) is 3.62. The molecule has 0 unspecified atom stereocenters. The monoisotopic (exact) mass is 550 g/mol. The number of anilines is 2. The molecular formula is C27H27FN6O4S. The van der Waals surface area contributed by atoms with Gasteiger partial charge in [-0.25, -0.2) is 27.6 Å². The number of hydrogen-bond donors (Lipinski definition) is 2. The Kier molecular flexibility index (Phi) is 7.45. The number of benzene rings is 2. The number of urea groups is 1. The number of halogens is 1. The van der Waals surface area contributed by atoms with E-state index >= 15 is 0 Å². The molecule has 3 aromatic rings. The third kappa shape index (κ3) is 5.55. The third-order valence-electron chi connectivity index (χ3n) is 6.78. The van der Waals surface area contributed by atoms with Gasteiger partial charge in [-0.05, 0) is 61.4 Å². The summed E-state index contributed by atoms with van der Waals surface area (Å²) in [6, 6.07) is 15.1. The second kappa shape index (κ2) is 11.0. The van der Waals surface area contributed by atoms with E-state index in [-0.39, 0.29) is 17.9 Å². The van der Waals surface area contributed by atoms with Gasteiger partial charge >= 0.3 is 6.03 Å². The summed E-state index contributed by atoms with van der Waals surface area (Å²) in [4.78, 5) is 23.6. The van der Waals surface area contributed by atoms with E-state index in [2.05, 4.69) is 10.6 Å². The van der Waals surface area contributed by atoms with E-state index in [1.54, 1.807) is 30.3 Å². The smallest absolute Gasteiger partial charge is 0.319 e. The highest BCUT2D eigenvalue weighted by Gasteiger charge is 2.58. The second-order valence-electron chi connectivity index (χ2n) is 9.35. The number of hydrogen-bond acceptors (Lipinski definition) is 8. The minimum Gasteiger partial charge on any atom is -0.378 e. The first kappa shape index (κ1) is 26.5. The molecule has 0 atom stereocenters. The van der Waals surface area contributed by atoms with Crippen molar-refractivity contribution in [2.24, 2.45) is 0 Å². The number of carbonyl (C=O) groups excluding carboxylic acids is 1. The highest BCUT2D eigenvalue weighted by molar-refractivity contribution is 7.92. The molecule has 1 aromatic heterocycles. The van der Waals surface area contributed by atoms with Gasteiger partial charge in [0.1, 0.15) is 16.4 Å². The molecule has 202 valence electrons. The molecule has 2 fully saturated rings. The van der Waals surface area contributed by atoms with Gasteiger partial charge in [0.25, 0.3) is 0 Å². The van der Waals surface area contributed by atoms with Crippen molar-refractivity contribution in [1.82, 2.24) is 15.3 Å². The maximum Gasteiger partial charge on any atom is 0.319 e. The third-order valence-corrected chi connectivity index (χ3v) is 9.32. The Morgan fingerprint density at radius 2 is 1.77 bits per heavy atom. The van der Waals surface area contributed by atoms with Crippen molar-refractivity contribution in [3.8, 4) is 17.5 Å². The van der Waals surface area contributed by atoms with E-state index in [1.165, 1.54) is 12.1 Å². The summed E-state index contributed by atoms with van der Waals surface area (Å²) >= 11 is 0. The molecule has 5 rings (SSSR count). The van der Waals surface area contributed by atoms with Gasteiger partial charge in [0.2, 0.25) is 0 Å². The van der Waals surface area contributed by atoms with Gasteiger partial charge in [0, 0.05) is 37.0 Å². The Balaban J connectivity index is 1.48. The number of nitrogens with zero attached hydrogens (tertiary/aromatic N) is 4. The van der Waals surface area contributed by atoms with E-state index in [0.717, 1.165) is 12.1 Å². The van der Waals surface area contributed by atoms with Crippen molar-refractivity contribution in [3.63, 3.8) is 0 Å². The summed E-state index contributed by atoms with van der Waals surface area (Å²) in [5, 5.41) is 13.9. The molecule has 2 heterocycles. The number of rotatable bonds is 8. The van der Waals surface area contributed by atoms with E-state index < -0.39 is 26.4 Å². The summed E-state index contributed by atoms with van der Waals surface area (Å²) in [5.41, 5.74) is 1.59. The molecular weight excluding hydrogens is 523 g/mol. The molecule has 12 heteroatoms. The molecule has 0 radical (unpaired) electrons.